The lowest BCUT2D eigenvalue weighted by Gasteiger charge is -2.36. The van der Waals surface area contributed by atoms with E-state index in [-0.39, 0.29) is 5.91 Å². The Labute approximate surface area is 101 Å². The van der Waals surface area contributed by atoms with E-state index in [2.05, 4.69) is 5.32 Å². The van der Waals surface area contributed by atoms with Crippen LogP contribution in [0.15, 0.2) is 24.3 Å². The lowest BCUT2D eigenvalue weighted by Crippen LogP contribution is -2.47. The second kappa shape index (κ2) is 4.85. The van der Waals surface area contributed by atoms with Gasteiger partial charge in [0.05, 0.1) is 5.60 Å². The molecule has 1 amide bonds. The van der Waals surface area contributed by atoms with Gasteiger partial charge < -0.3 is 16.2 Å². The van der Waals surface area contributed by atoms with E-state index in [1.54, 1.807) is 12.1 Å². The van der Waals surface area contributed by atoms with Crippen LogP contribution in [0.5, 0.6) is 0 Å². The lowest BCUT2D eigenvalue weighted by atomic mass is 9.80. The standard InChI is InChI=1S/C13H18N2O2/c14-8-10-2-4-11(5-3-10)12(16)15-9-13(17)6-1-7-13/h2-5,17H,1,6-9,14H2,(H,15,16). The number of amides is 1. The molecule has 2 rings (SSSR count). The molecule has 1 aliphatic rings. The minimum absolute atomic E-state index is 0.145. The highest BCUT2D eigenvalue weighted by atomic mass is 16.3. The summed E-state index contributed by atoms with van der Waals surface area (Å²) in [6.45, 7) is 0.812. The number of hydrogen-bond acceptors (Lipinski definition) is 3. The number of nitrogens with one attached hydrogen (secondary N) is 1. The third kappa shape index (κ3) is 2.84. The second-order valence-corrected chi connectivity index (χ2v) is 4.66. The van der Waals surface area contributed by atoms with E-state index in [0.717, 1.165) is 24.8 Å². The molecule has 92 valence electrons. The molecule has 0 bridgehead atoms. The zero-order valence-electron chi connectivity index (χ0n) is 9.78. The molecular formula is C13H18N2O2. The van der Waals surface area contributed by atoms with Gasteiger partial charge in [-0.1, -0.05) is 12.1 Å². The SMILES string of the molecule is NCc1ccc(C(=O)NCC2(O)CCC2)cc1. The molecule has 4 nitrogen and oxygen atoms in total. The normalized spacial score (nSPS) is 17.3. The number of carbonyl (C=O) groups excluding carboxylic acids is 1. The fourth-order valence-electron chi connectivity index (χ4n) is 1.90. The van der Waals surface area contributed by atoms with Gasteiger partial charge in [-0.05, 0) is 37.0 Å². The highest BCUT2D eigenvalue weighted by Crippen LogP contribution is 2.30. The number of nitrogens with two attached hydrogens (primary N) is 1. The van der Waals surface area contributed by atoms with Crippen molar-refractivity contribution in [1.29, 1.82) is 0 Å². The maximum absolute atomic E-state index is 11.8. The maximum atomic E-state index is 11.8. The molecule has 4 N–H and O–H groups in total. The quantitative estimate of drug-likeness (QED) is 0.721. The van der Waals surface area contributed by atoms with Crippen molar-refractivity contribution < 1.29 is 9.90 Å². The minimum atomic E-state index is -0.674. The van der Waals surface area contributed by atoms with Gasteiger partial charge >= 0.3 is 0 Å². The number of aliphatic hydroxyl groups is 1. The number of benzene rings is 1. The van der Waals surface area contributed by atoms with Gasteiger partial charge in [0.25, 0.3) is 5.91 Å². The van der Waals surface area contributed by atoms with E-state index >= 15 is 0 Å². The molecule has 0 saturated heterocycles. The summed E-state index contributed by atoms with van der Waals surface area (Å²) in [5.74, 6) is -0.145. The first kappa shape index (κ1) is 12.1. The third-order valence-electron chi connectivity index (χ3n) is 3.31. The van der Waals surface area contributed by atoms with Crippen molar-refractivity contribution in [3.8, 4) is 0 Å². The highest BCUT2D eigenvalue weighted by Gasteiger charge is 2.34. The maximum Gasteiger partial charge on any atom is 0.251 e. The average molecular weight is 234 g/mol. The molecule has 0 unspecified atom stereocenters. The smallest absolute Gasteiger partial charge is 0.251 e. The summed E-state index contributed by atoms with van der Waals surface area (Å²) < 4.78 is 0. The lowest BCUT2D eigenvalue weighted by molar-refractivity contribution is -0.0300. The van der Waals surface area contributed by atoms with Gasteiger partial charge in [0.2, 0.25) is 0 Å². The van der Waals surface area contributed by atoms with Crippen molar-refractivity contribution >= 4 is 5.91 Å². The van der Waals surface area contributed by atoms with Crippen molar-refractivity contribution in [2.75, 3.05) is 6.54 Å². The average Bonchev–Trinajstić information content (AvgIpc) is 2.33. The Morgan fingerprint density at radius 1 is 1.35 bits per heavy atom. The topological polar surface area (TPSA) is 75.4 Å². The molecule has 0 aromatic heterocycles. The Morgan fingerprint density at radius 3 is 2.47 bits per heavy atom. The molecule has 17 heavy (non-hydrogen) atoms. The fraction of sp³-hybridized carbons (Fsp3) is 0.462. The zero-order chi connectivity index (χ0) is 12.3. The van der Waals surface area contributed by atoms with E-state index < -0.39 is 5.60 Å². The molecule has 1 aromatic carbocycles. The highest BCUT2D eigenvalue weighted by molar-refractivity contribution is 5.94. The molecule has 0 radical (unpaired) electrons. The Kier molecular flexibility index (Phi) is 3.45. The molecule has 1 aromatic rings. The zero-order valence-corrected chi connectivity index (χ0v) is 9.78. The summed E-state index contributed by atoms with van der Waals surface area (Å²) in [7, 11) is 0. The van der Waals surface area contributed by atoms with Gasteiger partial charge in [-0.2, -0.15) is 0 Å². The van der Waals surface area contributed by atoms with Crippen molar-refractivity contribution in [3.63, 3.8) is 0 Å². The van der Waals surface area contributed by atoms with E-state index in [0.29, 0.717) is 18.7 Å². The van der Waals surface area contributed by atoms with Crippen molar-refractivity contribution in [2.45, 2.75) is 31.4 Å². The molecular weight excluding hydrogens is 216 g/mol. The van der Waals surface area contributed by atoms with Gasteiger partial charge in [0.15, 0.2) is 0 Å². The Morgan fingerprint density at radius 2 is 2.00 bits per heavy atom. The van der Waals surface area contributed by atoms with Crippen LogP contribution in [0.25, 0.3) is 0 Å². The fourth-order valence-corrected chi connectivity index (χ4v) is 1.90. The predicted octanol–water partition coefficient (Wildman–Crippen LogP) is 0.790. The molecule has 0 aliphatic heterocycles. The predicted molar refractivity (Wildman–Crippen MR) is 65.5 cm³/mol. The molecule has 0 heterocycles. The number of rotatable bonds is 4. The second-order valence-electron chi connectivity index (χ2n) is 4.66. The summed E-state index contributed by atoms with van der Waals surface area (Å²) in [5.41, 5.74) is 6.41. The van der Waals surface area contributed by atoms with Gasteiger partial charge in [-0.25, -0.2) is 0 Å². The van der Waals surface area contributed by atoms with Crippen LogP contribution >= 0.6 is 0 Å². The Bertz CT molecular complexity index is 396. The molecule has 1 fully saturated rings. The van der Waals surface area contributed by atoms with E-state index in [9.17, 15) is 9.90 Å². The van der Waals surface area contributed by atoms with Gasteiger partial charge in [0, 0.05) is 18.7 Å². The first-order chi connectivity index (χ1) is 8.13. The first-order valence-corrected chi connectivity index (χ1v) is 5.93. The van der Waals surface area contributed by atoms with Gasteiger partial charge in [0.1, 0.15) is 0 Å². The van der Waals surface area contributed by atoms with Crippen molar-refractivity contribution in [1.82, 2.24) is 5.32 Å². The van der Waals surface area contributed by atoms with Crippen LogP contribution in [0, 0.1) is 0 Å². The first-order valence-electron chi connectivity index (χ1n) is 5.93. The number of hydrogen-bond donors (Lipinski definition) is 3. The van der Waals surface area contributed by atoms with Crippen LogP contribution in [0.3, 0.4) is 0 Å². The third-order valence-corrected chi connectivity index (χ3v) is 3.31. The number of carbonyl (C=O) groups is 1. The van der Waals surface area contributed by atoms with E-state index in [4.69, 9.17) is 5.73 Å². The summed E-state index contributed by atoms with van der Waals surface area (Å²) in [6.07, 6.45) is 2.59. The van der Waals surface area contributed by atoms with Crippen LogP contribution in [-0.2, 0) is 6.54 Å². The molecule has 1 saturated carbocycles. The van der Waals surface area contributed by atoms with E-state index in [1.165, 1.54) is 0 Å². The monoisotopic (exact) mass is 234 g/mol. The summed E-state index contributed by atoms with van der Waals surface area (Å²) in [5, 5.41) is 12.6. The van der Waals surface area contributed by atoms with Crippen LogP contribution in [0.2, 0.25) is 0 Å². The molecule has 4 heteroatoms. The Hall–Kier alpha value is -1.39. The van der Waals surface area contributed by atoms with Gasteiger partial charge in [-0.3, -0.25) is 4.79 Å². The van der Waals surface area contributed by atoms with Crippen LogP contribution in [0.4, 0.5) is 0 Å². The van der Waals surface area contributed by atoms with Crippen LogP contribution in [-0.4, -0.2) is 23.2 Å². The molecule has 0 spiro atoms. The summed E-state index contributed by atoms with van der Waals surface area (Å²) in [6, 6.07) is 7.19. The molecule has 0 atom stereocenters. The van der Waals surface area contributed by atoms with Crippen LogP contribution < -0.4 is 11.1 Å². The summed E-state index contributed by atoms with van der Waals surface area (Å²) >= 11 is 0. The molecule has 1 aliphatic carbocycles. The van der Waals surface area contributed by atoms with Gasteiger partial charge in [-0.15, -0.1) is 0 Å². The van der Waals surface area contributed by atoms with E-state index in [1.807, 2.05) is 12.1 Å². The largest absolute Gasteiger partial charge is 0.388 e. The van der Waals surface area contributed by atoms with Crippen molar-refractivity contribution in [2.24, 2.45) is 5.73 Å². The van der Waals surface area contributed by atoms with Crippen LogP contribution in [0.1, 0.15) is 35.2 Å². The Balaban J connectivity index is 1.90. The summed E-state index contributed by atoms with van der Waals surface area (Å²) in [4.78, 5) is 11.8. The minimum Gasteiger partial charge on any atom is -0.388 e. The van der Waals surface area contributed by atoms with Crippen molar-refractivity contribution in [3.05, 3.63) is 35.4 Å².